The Morgan fingerprint density at radius 3 is 2.05 bits per heavy atom. The van der Waals surface area contributed by atoms with Crippen LogP contribution in [-0.4, -0.2) is 33.5 Å². The van der Waals surface area contributed by atoms with E-state index in [0.29, 0.717) is 12.1 Å². The zero-order valence-corrected chi connectivity index (χ0v) is 14.7. The monoisotopic (exact) mass is 349 g/mol. The normalized spacial score (nSPS) is 11.6. The van der Waals surface area contributed by atoms with E-state index < -0.39 is 15.6 Å². The van der Waals surface area contributed by atoms with Gasteiger partial charge in [0, 0.05) is 12.1 Å². The maximum absolute atomic E-state index is 12.2. The van der Waals surface area contributed by atoms with Crippen molar-refractivity contribution in [3.63, 3.8) is 0 Å². The minimum Gasteiger partial charge on any atom is -0.345 e. The van der Waals surface area contributed by atoms with E-state index in [1.807, 2.05) is 13.8 Å². The molecule has 8 heteroatoms. The molecule has 0 atom stereocenters. The Morgan fingerprint density at radius 2 is 1.68 bits per heavy atom. The fraction of sp³-hybridized carbons (Fsp3) is 0.500. The van der Waals surface area contributed by atoms with Crippen molar-refractivity contribution in [1.82, 2.24) is 10.0 Å². The summed E-state index contributed by atoms with van der Waals surface area (Å²) in [5.41, 5.74) is 5.74. The molecule has 0 aliphatic rings. The molecule has 1 rings (SSSR count). The van der Waals surface area contributed by atoms with Crippen LogP contribution >= 0.6 is 12.4 Å². The van der Waals surface area contributed by atoms with Gasteiger partial charge < -0.3 is 11.1 Å². The van der Waals surface area contributed by atoms with Crippen LogP contribution in [0.2, 0.25) is 0 Å². The largest absolute Gasteiger partial charge is 0.345 e. The van der Waals surface area contributed by atoms with Crippen molar-refractivity contribution < 1.29 is 13.2 Å². The van der Waals surface area contributed by atoms with Gasteiger partial charge in [-0.05, 0) is 44.2 Å². The van der Waals surface area contributed by atoms with E-state index in [1.165, 1.54) is 31.3 Å². The first-order chi connectivity index (χ1) is 9.84. The summed E-state index contributed by atoms with van der Waals surface area (Å²) in [5.74, 6) is -0.252. The maximum Gasteiger partial charge on any atom is 0.251 e. The third-order valence-corrected chi connectivity index (χ3v) is 5.25. The SMILES string of the molecule is CCC(CC)(CN)NC(=O)c1ccc(S(=O)(=O)NC)cc1.Cl. The molecular formula is C14H24ClN3O3S. The van der Waals surface area contributed by atoms with Gasteiger partial charge in [0.25, 0.3) is 5.91 Å². The van der Waals surface area contributed by atoms with Crippen molar-refractivity contribution in [3.8, 4) is 0 Å². The van der Waals surface area contributed by atoms with Gasteiger partial charge in [-0.15, -0.1) is 12.4 Å². The number of amides is 1. The molecular weight excluding hydrogens is 326 g/mol. The molecule has 6 nitrogen and oxygen atoms in total. The molecule has 0 unspecified atom stereocenters. The minimum absolute atomic E-state index is 0. The Bertz CT molecular complexity index is 576. The Balaban J connectivity index is 0.00000441. The van der Waals surface area contributed by atoms with Crippen molar-refractivity contribution in [3.05, 3.63) is 29.8 Å². The topological polar surface area (TPSA) is 101 Å². The van der Waals surface area contributed by atoms with Gasteiger partial charge in [-0.3, -0.25) is 4.79 Å². The molecule has 126 valence electrons. The third-order valence-electron chi connectivity index (χ3n) is 3.82. The van der Waals surface area contributed by atoms with Gasteiger partial charge in [0.05, 0.1) is 10.4 Å². The van der Waals surface area contributed by atoms with Gasteiger partial charge in [0.1, 0.15) is 0 Å². The number of carbonyl (C=O) groups excluding carboxylic acids is 1. The van der Waals surface area contributed by atoms with Crippen LogP contribution in [0.4, 0.5) is 0 Å². The lowest BCUT2D eigenvalue weighted by Crippen LogP contribution is -2.52. The molecule has 0 radical (unpaired) electrons. The van der Waals surface area contributed by atoms with E-state index in [1.54, 1.807) is 0 Å². The van der Waals surface area contributed by atoms with Crippen molar-refractivity contribution in [2.45, 2.75) is 37.1 Å². The van der Waals surface area contributed by atoms with Crippen LogP contribution in [0.15, 0.2) is 29.2 Å². The molecule has 0 spiro atoms. The van der Waals surface area contributed by atoms with Crippen LogP contribution in [0.25, 0.3) is 0 Å². The summed E-state index contributed by atoms with van der Waals surface area (Å²) in [5, 5.41) is 2.94. The highest BCUT2D eigenvalue weighted by Gasteiger charge is 2.26. The van der Waals surface area contributed by atoms with E-state index in [0.717, 1.165) is 12.8 Å². The predicted octanol–water partition coefficient (Wildman–Crippen LogP) is 1.26. The Morgan fingerprint density at radius 1 is 1.18 bits per heavy atom. The van der Waals surface area contributed by atoms with Crippen molar-refractivity contribution in [2.24, 2.45) is 5.73 Å². The Hall–Kier alpha value is -1.15. The fourth-order valence-corrected chi connectivity index (χ4v) is 2.71. The summed E-state index contributed by atoms with van der Waals surface area (Å²) < 4.78 is 25.5. The minimum atomic E-state index is -3.49. The first kappa shape index (κ1) is 20.9. The molecule has 0 saturated heterocycles. The molecule has 0 aromatic heterocycles. The van der Waals surface area contributed by atoms with E-state index in [2.05, 4.69) is 10.0 Å². The summed E-state index contributed by atoms with van der Waals surface area (Å²) in [7, 11) is -2.15. The average Bonchev–Trinajstić information content (AvgIpc) is 2.52. The van der Waals surface area contributed by atoms with Crippen LogP contribution in [0.5, 0.6) is 0 Å². The molecule has 1 aromatic rings. The Kier molecular flexibility index (Phi) is 8.03. The van der Waals surface area contributed by atoms with Gasteiger partial charge >= 0.3 is 0 Å². The number of hydrogen-bond acceptors (Lipinski definition) is 4. The molecule has 0 heterocycles. The Labute approximate surface area is 138 Å². The van der Waals surface area contributed by atoms with Crippen LogP contribution in [0, 0.1) is 0 Å². The number of halogens is 1. The van der Waals surface area contributed by atoms with Crippen LogP contribution in [0.1, 0.15) is 37.0 Å². The second-order valence-corrected chi connectivity index (χ2v) is 6.76. The molecule has 0 fully saturated rings. The summed E-state index contributed by atoms with van der Waals surface area (Å²) >= 11 is 0. The maximum atomic E-state index is 12.2. The fourth-order valence-electron chi connectivity index (χ4n) is 1.98. The summed E-state index contributed by atoms with van der Waals surface area (Å²) in [6.07, 6.45) is 1.47. The first-order valence-electron chi connectivity index (χ1n) is 6.90. The van der Waals surface area contributed by atoms with Crippen LogP contribution in [0.3, 0.4) is 0 Å². The van der Waals surface area contributed by atoms with Crippen molar-refractivity contribution in [2.75, 3.05) is 13.6 Å². The van der Waals surface area contributed by atoms with Crippen LogP contribution in [-0.2, 0) is 10.0 Å². The second-order valence-electron chi connectivity index (χ2n) is 4.88. The van der Waals surface area contributed by atoms with E-state index in [4.69, 9.17) is 5.73 Å². The molecule has 0 aliphatic carbocycles. The highest BCUT2D eigenvalue weighted by Crippen LogP contribution is 2.15. The third kappa shape index (κ3) is 4.67. The second kappa shape index (κ2) is 8.47. The lowest BCUT2D eigenvalue weighted by molar-refractivity contribution is 0.0895. The highest BCUT2D eigenvalue weighted by molar-refractivity contribution is 7.89. The standard InChI is InChI=1S/C14H23N3O3S.ClH/c1-4-14(5-2,10-15)17-13(18)11-6-8-12(9-7-11)21(19,20)16-3;/h6-9,16H,4-5,10,15H2,1-3H3,(H,17,18);1H. The van der Waals surface area contributed by atoms with Crippen molar-refractivity contribution in [1.29, 1.82) is 0 Å². The molecule has 1 aromatic carbocycles. The zero-order chi connectivity index (χ0) is 16.1. The number of benzene rings is 1. The smallest absolute Gasteiger partial charge is 0.251 e. The lowest BCUT2D eigenvalue weighted by Gasteiger charge is -2.31. The average molecular weight is 350 g/mol. The molecule has 0 aliphatic heterocycles. The highest BCUT2D eigenvalue weighted by atomic mass is 35.5. The van der Waals surface area contributed by atoms with Gasteiger partial charge in [0.2, 0.25) is 10.0 Å². The van der Waals surface area contributed by atoms with Gasteiger partial charge in [-0.2, -0.15) is 0 Å². The molecule has 4 N–H and O–H groups in total. The number of sulfonamides is 1. The number of carbonyl (C=O) groups is 1. The van der Waals surface area contributed by atoms with E-state index >= 15 is 0 Å². The number of rotatable bonds is 7. The first-order valence-corrected chi connectivity index (χ1v) is 8.38. The van der Waals surface area contributed by atoms with Crippen LogP contribution < -0.4 is 15.8 Å². The molecule has 0 saturated carbocycles. The van der Waals surface area contributed by atoms with Gasteiger partial charge in [-0.25, -0.2) is 13.1 Å². The van der Waals surface area contributed by atoms with Gasteiger partial charge in [-0.1, -0.05) is 13.8 Å². The molecule has 1 amide bonds. The van der Waals surface area contributed by atoms with Gasteiger partial charge in [0.15, 0.2) is 0 Å². The predicted molar refractivity (Wildman–Crippen MR) is 89.8 cm³/mol. The van der Waals surface area contributed by atoms with Crippen molar-refractivity contribution >= 4 is 28.3 Å². The zero-order valence-electron chi connectivity index (χ0n) is 13.0. The molecule has 0 bridgehead atoms. The quantitative estimate of drug-likeness (QED) is 0.689. The molecule has 22 heavy (non-hydrogen) atoms. The number of nitrogens with one attached hydrogen (secondary N) is 2. The van der Waals surface area contributed by atoms with E-state index in [9.17, 15) is 13.2 Å². The lowest BCUT2D eigenvalue weighted by atomic mass is 9.92. The number of nitrogens with two attached hydrogens (primary N) is 1. The number of hydrogen-bond donors (Lipinski definition) is 3. The summed E-state index contributed by atoms with van der Waals surface area (Å²) in [6, 6.07) is 5.80. The van der Waals surface area contributed by atoms with E-state index in [-0.39, 0.29) is 23.2 Å². The summed E-state index contributed by atoms with van der Waals surface area (Å²) in [4.78, 5) is 12.4. The summed E-state index contributed by atoms with van der Waals surface area (Å²) in [6.45, 7) is 4.30.